The molecule has 20 heavy (non-hydrogen) atoms. The molecule has 0 amide bonds. The maximum absolute atomic E-state index is 12.3. The van der Waals surface area contributed by atoms with E-state index >= 15 is 0 Å². The fraction of sp³-hybridized carbons (Fsp3) is 0.125. The lowest BCUT2D eigenvalue weighted by molar-refractivity contribution is 0.414. The molecule has 1 radical (unpaired) electrons. The molecule has 3 aromatic rings. The third-order valence-electron chi connectivity index (χ3n) is 3.18. The van der Waals surface area contributed by atoms with Crippen molar-refractivity contribution < 1.29 is 4.74 Å². The Labute approximate surface area is 116 Å². The summed E-state index contributed by atoms with van der Waals surface area (Å²) in [7, 11) is 1.63. The third kappa shape index (κ3) is 2.28. The Balaban J connectivity index is 1.98. The summed E-state index contributed by atoms with van der Waals surface area (Å²) in [6.07, 6.45) is 1.58. The van der Waals surface area contributed by atoms with Gasteiger partial charge in [-0.2, -0.15) is 0 Å². The molecule has 1 aromatic heterocycles. The minimum Gasteiger partial charge on any atom is -0.497 e. The summed E-state index contributed by atoms with van der Waals surface area (Å²) in [4.78, 5) is 16.6. The van der Waals surface area contributed by atoms with Crippen LogP contribution < -0.4 is 10.3 Å². The van der Waals surface area contributed by atoms with E-state index in [0.29, 0.717) is 17.4 Å². The maximum atomic E-state index is 12.3. The Kier molecular flexibility index (Phi) is 3.21. The lowest BCUT2D eigenvalue weighted by Gasteiger charge is -2.07. The van der Waals surface area contributed by atoms with Crippen LogP contribution in [0.25, 0.3) is 10.9 Å². The second-order valence-corrected chi connectivity index (χ2v) is 4.47. The maximum Gasteiger partial charge on any atom is 0.261 e. The van der Waals surface area contributed by atoms with E-state index in [1.807, 2.05) is 24.3 Å². The van der Waals surface area contributed by atoms with Crippen LogP contribution in [0.1, 0.15) is 5.56 Å². The highest BCUT2D eigenvalue weighted by Crippen LogP contribution is 2.12. The zero-order chi connectivity index (χ0) is 13.9. The quantitative estimate of drug-likeness (QED) is 0.729. The van der Waals surface area contributed by atoms with Gasteiger partial charge in [0.1, 0.15) is 5.75 Å². The highest BCUT2D eigenvalue weighted by Gasteiger charge is 2.04. The van der Waals surface area contributed by atoms with Crippen molar-refractivity contribution in [2.75, 3.05) is 7.11 Å². The zero-order valence-corrected chi connectivity index (χ0v) is 11.0. The Hall–Kier alpha value is -2.62. The average Bonchev–Trinajstić information content (AvgIpc) is 2.51. The van der Waals surface area contributed by atoms with Gasteiger partial charge in [-0.3, -0.25) is 9.36 Å². The van der Waals surface area contributed by atoms with E-state index in [2.05, 4.69) is 11.1 Å². The van der Waals surface area contributed by atoms with Gasteiger partial charge in [-0.1, -0.05) is 18.2 Å². The van der Waals surface area contributed by atoms with Gasteiger partial charge in [0, 0.05) is 0 Å². The van der Waals surface area contributed by atoms with Crippen molar-refractivity contribution in [1.29, 1.82) is 0 Å². The SMILES string of the molecule is COc1ccc(Cn2cnc3cc[c]cc3c2=O)cc1. The first kappa shape index (κ1) is 12.4. The fourth-order valence-corrected chi connectivity index (χ4v) is 2.09. The van der Waals surface area contributed by atoms with Crippen LogP contribution in [-0.2, 0) is 6.54 Å². The van der Waals surface area contributed by atoms with E-state index in [0.717, 1.165) is 11.3 Å². The first-order valence-corrected chi connectivity index (χ1v) is 6.26. The minimum atomic E-state index is -0.0531. The third-order valence-corrected chi connectivity index (χ3v) is 3.18. The smallest absolute Gasteiger partial charge is 0.261 e. The fourth-order valence-electron chi connectivity index (χ4n) is 2.09. The zero-order valence-electron chi connectivity index (χ0n) is 11.0. The molecule has 0 bridgehead atoms. The van der Waals surface area contributed by atoms with Gasteiger partial charge >= 0.3 is 0 Å². The molecule has 99 valence electrons. The summed E-state index contributed by atoms with van der Waals surface area (Å²) >= 11 is 0. The molecule has 4 heteroatoms. The van der Waals surface area contributed by atoms with Crippen molar-refractivity contribution in [3.05, 3.63) is 70.8 Å². The minimum absolute atomic E-state index is 0.0531. The first-order chi connectivity index (χ1) is 9.78. The number of hydrogen-bond acceptors (Lipinski definition) is 3. The molecular formula is C16H13N2O2. The van der Waals surface area contributed by atoms with Gasteiger partial charge in [0.2, 0.25) is 0 Å². The van der Waals surface area contributed by atoms with Gasteiger partial charge in [-0.05, 0) is 35.9 Å². The number of hydrogen-bond donors (Lipinski definition) is 0. The Morgan fingerprint density at radius 2 is 2.05 bits per heavy atom. The number of methoxy groups -OCH3 is 1. The molecule has 0 fully saturated rings. The van der Waals surface area contributed by atoms with Crippen molar-refractivity contribution in [2.45, 2.75) is 6.54 Å². The van der Waals surface area contributed by atoms with Crippen LogP contribution in [0.2, 0.25) is 0 Å². The van der Waals surface area contributed by atoms with Gasteiger partial charge in [0.15, 0.2) is 0 Å². The molecule has 3 rings (SSSR count). The van der Waals surface area contributed by atoms with E-state index in [1.54, 1.807) is 36.2 Å². The van der Waals surface area contributed by atoms with E-state index in [-0.39, 0.29) is 5.56 Å². The Bertz CT molecular complexity index is 791. The number of fused-ring (bicyclic) bond motifs is 1. The monoisotopic (exact) mass is 265 g/mol. The molecule has 0 saturated heterocycles. The molecule has 0 aliphatic rings. The van der Waals surface area contributed by atoms with E-state index in [9.17, 15) is 4.79 Å². The van der Waals surface area contributed by atoms with Crippen molar-refractivity contribution in [3.8, 4) is 5.75 Å². The normalized spacial score (nSPS) is 10.7. The molecule has 4 nitrogen and oxygen atoms in total. The number of rotatable bonds is 3. The van der Waals surface area contributed by atoms with Gasteiger partial charge in [-0.15, -0.1) is 0 Å². The van der Waals surface area contributed by atoms with Crippen LogP contribution in [0.15, 0.2) is 53.6 Å². The molecule has 1 heterocycles. The predicted molar refractivity (Wildman–Crippen MR) is 76.9 cm³/mol. The highest BCUT2D eigenvalue weighted by atomic mass is 16.5. The molecule has 0 aliphatic carbocycles. The van der Waals surface area contributed by atoms with Gasteiger partial charge < -0.3 is 4.74 Å². The average molecular weight is 265 g/mol. The van der Waals surface area contributed by atoms with Gasteiger partial charge in [0.25, 0.3) is 5.56 Å². The van der Waals surface area contributed by atoms with Crippen molar-refractivity contribution >= 4 is 10.9 Å². The Morgan fingerprint density at radius 3 is 2.80 bits per heavy atom. The second-order valence-electron chi connectivity index (χ2n) is 4.47. The summed E-state index contributed by atoms with van der Waals surface area (Å²) < 4.78 is 6.71. The van der Waals surface area contributed by atoms with Crippen LogP contribution >= 0.6 is 0 Å². The van der Waals surface area contributed by atoms with Crippen LogP contribution in [0.4, 0.5) is 0 Å². The predicted octanol–water partition coefficient (Wildman–Crippen LogP) is 2.25. The standard InChI is InChI=1S/C16H13N2O2/c1-20-13-8-6-12(7-9-13)10-18-11-17-15-5-3-2-4-14(15)16(18)19/h3-9,11H,10H2,1H3. The van der Waals surface area contributed by atoms with E-state index in [1.165, 1.54) is 0 Å². The molecule has 0 spiro atoms. The van der Waals surface area contributed by atoms with Crippen LogP contribution in [0.3, 0.4) is 0 Å². The second kappa shape index (κ2) is 5.17. The van der Waals surface area contributed by atoms with Crippen LogP contribution in [0, 0.1) is 6.07 Å². The van der Waals surface area contributed by atoms with Crippen molar-refractivity contribution in [1.82, 2.24) is 9.55 Å². The highest BCUT2D eigenvalue weighted by molar-refractivity contribution is 5.76. The van der Waals surface area contributed by atoms with Gasteiger partial charge in [-0.25, -0.2) is 4.98 Å². The first-order valence-electron chi connectivity index (χ1n) is 6.26. The Morgan fingerprint density at radius 1 is 1.25 bits per heavy atom. The molecule has 0 saturated carbocycles. The summed E-state index contributed by atoms with van der Waals surface area (Å²) in [5.74, 6) is 0.798. The van der Waals surface area contributed by atoms with Crippen molar-refractivity contribution in [2.24, 2.45) is 0 Å². The molecular weight excluding hydrogens is 252 g/mol. The lowest BCUT2D eigenvalue weighted by Crippen LogP contribution is -2.21. The molecule has 0 N–H and O–H groups in total. The molecule has 0 unspecified atom stereocenters. The molecule has 0 atom stereocenters. The van der Waals surface area contributed by atoms with E-state index < -0.39 is 0 Å². The largest absolute Gasteiger partial charge is 0.497 e. The molecule has 2 aromatic carbocycles. The summed E-state index contributed by atoms with van der Waals surface area (Å²) in [6.45, 7) is 0.487. The lowest BCUT2D eigenvalue weighted by atomic mass is 10.2. The summed E-state index contributed by atoms with van der Waals surface area (Å²) in [5.41, 5.74) is 1.66. The van der Waals surface area contributed by atoms with Crippen LogP contribution in [0.5, 0.6) is 5.75 Å². The van der Waals surface area contributed by atoms with Crippen LogP contribution in [-0.4, -0.2) is 16.7 Å². The summed E-state index contributed by atoms with van der Waals surface area (Å²) in [5, 5.41) is 0.587. The van der Waals surface area contributed by atoms with Gasteiger partial charge in [0.05, 0.1) is 30.9 Å². The number of ether oxygens (including phenoxy) is 1. The number of nitrogens with zero attached hydrogens (tertiary/aromatic N) is 2. The van der Waals surface area contributed by atoms with E-state index in [4.69, 9.17) is 4.74 Å². The topological polar surface area (TPSA) is 44.1 Å². The van der Waals surface area contributed by atoms with Crippen molar-refractivity contribution in [3.63, 3.8) is 0 Å². The number of aromatic nitrogens is 2. The molecule has 0 aliphatic heterocycles. The number of benzene rings is 2. The summed E-state index contributed by atoms with van der Waals surface area (Å²) in [6, 6.07) is 15.8.